The van der Waals surface area contributed by atoms with Gasteiger partial charge in [0.2, 0.25) is 11.5 Å². The van der Waals surface area contributed by atoms with Gasteiger partial charge in [-0.15, -0.1) is 0 Å². The van der Waals surface area contributed by atoms with E-state index in [4.69, 9.17) is 9.47 Å². The Morgan fingerprint density at radius 2 is 2.00 bits per heavy atom. The van der Waals surface area contributed by atoms with Crippen molar-refractivity contribution >= 4 is 5.91 Å². The van der Waals surface area contributed by atoms with E-state index < -0.39 is 17.5 Å². The van der Waals surface area contributed by atoms with E-state index in [1.807, 2.05) is 14.1 Å². The molecule has 1 fully saturated rings. The molecule has 1 aromatic carbocycles. The number of rotatable bonds is 3. The lowest BCUT2D eigenvalue weighted by Crippen LogP contribution is -2.37. The van der Waals surface area contributed by atoms with Crippen molar-refractivity contribution in [2.24, 2.45) is 5.92 Å². The summed E-state index contributed by atoms with van der Waals surface area (Å²) in [5, 5.41) is 2.98. The van der Waals surface area contributed by atoms with Crippen molar-refractivity contribution < 1.29 is 18.7 Å². The molecule has 1 aliphatic carbocycles. The Balaban J connectivity index is 1.75. The Labute approximate surface area is 142 Å². The molecule has 1 heterocycles. The maximum Gasteiger partial charge on any atom is 0.254 e. The molecule has 1 aromatic rings. The first-order valence-corrected chi connectivity index (χ1v) is 8.36. The third-order valence-corrected chi connectivity index (χ3v) is 4.91. The van der Waals surface area contributed by atoms with Gasteiger partial charge in [0.25, 0.3) is 5.91 Å². The molecule has 1 unspecified atom stereocenters. The summed E-state index contributed by atoms with van der Waals surface area (Å²) < 4.78 is 25.6. The summed E-state index contributed by atoms with van der Waals surface area (Å²) in [6.07, 6.45) is 1.90. The van der Waals surface area contributed by atoms with Crippen LogP contribution in [-0.4, -0.2) is 42.8 Å². The van der Waals surface area contributed by atoms with Gasteiger partial charge in [0.05, 0.1) is 5.56 Å². The van der Waals surface area contributed by atoms with Gasteiger partial charge in [0.15, 0.2) is 11.6 Å². The number of hydrogen-bond acceptors (Lipinski definition) is 4. The lowest BCUT2D eigenvalue weighted by Gasteiger charge is -2.19. The van der Waals surface area contributed by atoms with Crippen molar-refractivity contribution in [1.82, 2.24) is 10.2 Å². The van der Waals surface area contributed by atoms with Crippen molar-refractivity contribution in [2.75, 3.05) is 14.1 Å². The van der Waals surface area contributed by atoms with Crippen molar-refractivity contribution in [3.8, 4) is 11.5 Å². The second kappa shape index (κ2) is 5.92. The molecule has 6 heteroatoms. The number of nitrogens with one attached hydrogen (secondary N) is 1. The predicted octanol–water partition coefficient (Wildman–Crippen LogP) is 2.79. The van der Waals surface area contributed by atoms with Crippen molar-refractivity contribution in [3.63, 3.8) is 0 Å². The van der Waals surface area contributed by atoms with Gasteiger partial charge < -0.3 is 19.7 Å². The molecule has 3 atom stereocenters. The molecule has 2 aliphatic rings. The van der Waals surface area contributed by atoms with Crippen molar-refractivity contribution in [3.05, 3.63) is 23.5 Å². The van der Waals surface area contributed by atoms with E-state index in [1.54, 1.807) is 19.9 Å². The summed E-state index contributed by atoms with van der Waals surface area (Å²) in [7, 11) is 4.09. The lowest BCUT2D eigenvalue weighted by atomic mass is 10.1. The standard InChI is InChI=1S/C18H25FN2O3/c1-10-8-11(21(4)5)9-13(10)20-17(22)12-6-7-14-16(15(12)19)24-18(2,3)23-14/h6-7,10-11,13H,8-9H2,1-5H3,(H,20,22)/t10?,11-,13+/m1/s1. The average Bonchev–Trinajstić information content (AvgIpc) is 2.99. The van der Waals surface area contributed by atoms with Crippen LogP contribution in [0.5, 0.6) is 11.5 Å². The first-order chi connectivity index (χ1) is 11.2. The van der Waals surface area contributed by atoms with E-state index in [0.717, 1.165) is 12.8 Å². The maximum absolute atomic E-state index is 14.7. The highest BCUT2D eigenvalue weighted by Gasteiger charge is 2.37. The van der Waals surface area contributed by atoms with Gasteiger partial charge >= 0.3 is 0 Å². The van der Waals surface area contributed by atoms with Crippen LogP contribution in [-0.2, 0) is 0 Å². The normalized spacial score (nSPS) is 27.5. The fourth-order valence-corrected chi connectivity index (χ4v) is 3.50. The van der Waals surface area contributed by atoms with E-state index in [0.29, 0.717) is 17.7 Å². The zero-order valence-electron chi connectivity index (χ0n) is 14.9. The van der Waals surface area contributed by atoms with Crippen LogP contribution in [0.3, 0.4) is 0 Å². The molecule has 132 valence electrons. The number of ether oxygens (including phenoxy) is 2. The molecule has 1 N–H and O–H groups in total. The zero-order valence-corrected chi connectivity index (χ0v) is 14.9. The molecule has 0 spiro atoms. The molecule has 1 aliphatic heterocycles. The molecular weight excluding hydrogens is 311 g/mol. The fourth-order valence-electron chi connectivity index (χ4n) is 3.50. The molecule has 5 nitrogen and oxygen atoms in total. The zero-order chi connectivity index (χ0) is 17.6. The molecule has 24 heavy (non-hydrogen) atoms. The number of hydrogen-bond donors (Lipinski definition) is 1. The minimum Gasteiger partial charge on any atom is -0.449 e. The van der Waals surface area contributed by atoms with Gasteiger partial charge in [-0.05, 0) is 45.0 Å². The quantitative estimate of drug-likeness (QED) is 0.922. The fraction of sp³-hybridized carbons (Fsp3) is 0.611. The van der Waals surface area contributed by atoms with Crippen LogP contribution < -0.4 is 14.8 Å². The Morgan fingerprint density at radius 1 is 1.29 bits per heavy atom. The summed E-state index contributed by atoms with van der Waals surface area (Å²) in [5.41, 5.74) is -0.00412. The van der Waals surface area contributed by atoms with E-state index in [1.165, 1.54) is 6.07 Å². The summed E-state index contributed by atoms with van der Waals surface area (Å²) in [6.45, 7) is 5.52. The third kappa shape index (κ3) is 3.07. The summed E-state index contributed by atoms with van der Waals surface area (Å²) in [5.74, 6) is -1.28. The van der Waals surface area contributed by atoms with Gasteiger partial charge in [-0.1, -0.05) is 6.92 Å². The van der Waals surface area contributed by atoms with E-state index >= 15 is 0 Å². The SMILES string of the molecule is CC1C[C@@H](N(C)C)C[C@@H]1NC(=O)c1ccc2c(c1F)OC(C)(C)O2. The molecule has 1 saturated carbocycles. The van der Waals surface area contributed by atoms with Gasteiger partial charge in [-0.2, -0.15) is 0 Å². The number of fused-ring (bicyclic) bond motifs is 1. The molecular formula is C18H25FN2O3. The van der Waals surface area contributed by atoms with Crippen LogP contribution in [0.15, 0.2) is 12.1 Å². The maximum atomic E-state index is 14.7. The topological polar surface area (TPSA) is 50.8 Å². The number of carbonyl (C=O) groups excluding carboxylic acids is 1. The third-order valence-electron chi connectivity index (χ3n) is 4.91. The average molecular weight is 336 g/mol. The molecule has 0 bridgehead atoms. The molecule has 0 radical (unpaired) electrons. The minimum absolute atomic E-state index is 0.00412. The van der Waals surface area contributed by atoms with E-state index in [2.05, 4.69) is 17.1 Å². The Morgan fingerprint density at radius 3 is 2.62 bits per heavy atom. The largest absolute Gasteiger partial charge is 0.449 e. The van der Waals surface area contributed by atoms with Gasteiger partial charge in [-0.25, -0.2) is 4.39 Å². The minimum atomic E-state index is -0.919. The smallest absolute Gasteiger partial charge is 0.254 e. The number of carbonyl (C=O) groups is 1. The Hall–Kier alpha value is -1.82. The molecule has 1 amide bonds. The summed E-state index contributed by atoms with van der Waals surface area (Å²) in [6, 6.07) is 3.53. The highest BCUT2D eigenvalue weighted by molar-refractivity contribution is 5.95. The van der Waals surface area contributed by atoms with Crippen LogP contribution in [0.25, 0.3) is 0 Å². The first-order valence-electron chi connectivity index (χ1n) is 8.36. The Kier molecular flexibility index (Phi) is 4.20. The summed E-state index contributed by atoms with van der Waals surface area (Å²) in [4.78, 5) is 14.7. The van der Waals surface area contributed by atoms with Crippen LogP contribution in [0, 0.1) is 11.7 Å². The number of benzene rings is 1. The molecule has 0 aromatic heterocycles. The van der Waals surface area contributed by atoms with Crippen molar-refractivity contribution in [2.45, 2.75) is 51.5 Å². The monoisotopic (exact) mass is 336 g/mol. The van der Waals surface area contributed by atoms with Crippen LogP contribution in [0.1, 0.15) is 44.0 Å². The highest BCUT2D eigenvalue weighted by atomic mass is 19.1. The highest BCUT2D eigenvalue weighted by Crippen LogP contribution is 2.42. The number of amides is 1. The predicted molar refractivity (Wildman–Crippen MR) is 88.9 cm³/mol. The Bertz CT molecular complexity index is 660. The molecule has 0 saturated heterocycles. The van der Waals surface area contributed by atoms with Gasteiger partial charge in [-0.3, -0.25) is 4.79 Å². The van der Waals surface area contributed by atoms with E-state index in [9.17, 15) is 9.18 Å². The van der Waals surface area contributed by atoms with Crippen LogP contribution in [0.4, 0.5) is 4.39 Å². The van der Waals surface area contributed by atoms with Crippen LogP contribution >= 0.6 is 0 Å². The van der Waals surface area contributed by atoms with E-state index in [-0.39, 0.29) is 17.4 Å². The second-order valence-corrected chi connectivity index (χ2v) is 7.50. The van der Waals surface area contributed by atoms with Crippen molar-refractivity contribution in [1.29, 1.82) is 0 Å². The van der Waals surface area contributed by atoms with Gasteiger partial charge in [0, 0.05) is 25.9 Å². The van der Waals surface area contributed by atoms with Gasteiger partial charge in [0.1, 0.15) is 0 Å². The first kappa shape index (κ1) is 17.0. The summed E-state index contributed by atoms with van der Waals surface area (Å²) >= 11 is 0. The molecule has 3 rings (SSSR count). The number of nitrogens with zero attached hydrogens (tertiary/aromatic N) is 1. The second-order valence-electron chi connectivity index (χ2n) is 7.50. The van der Waals surface area contributed by atoms with Crippen LogP contribution in [0.2, 0.25) is 0 Å². The lowest BCUT2D eigenvalue weighted by molar-refractivity contribution is -0.0445. The number of halogens is 1.